The van der Waals surface area contributed by atoms with E-state index in [-0.39, 0.29) is 67.1 Å². The number of carbonyl (C=O) groups is 7. The van der Waals surface area contributed by atoms with Gasteiger partial charge in [-0.1, -0.05) is 91.0 Å². The van der Waals surface area contributed by atoms with E-state index < -0.39 is 40.9 Å². The van der Waals surface area contributed by atoms with Gasteiger partial charge in [-0.2, -0.15) is 0 Å². The van der Waals surface area contributed by atoms with E-state index in [1.54, 1.807) is 127 Å². The summed E-state index contributed by atoms with van der Waals surface area (Å²) in [6.45, 7) is 0. The predicted octanol–water partition coefficient (Wildman–Crippen LogP) is 8.63. The average Bonchev–Trinajstić information content (AvgIpc) is 3.67. The summed E-state index contributed by atoms with van der Waals surface area (Å²) in [6, 6.07) is 39.3. The van der Waals surface area contributed by atoms with Crippen LogP contribution in [0.3, 0.4) is 0 Å². The van der Waals surface area contributed by atoms with Crippen molar-refractivity contribution >= 4 is 79.7 Å². The number of carbonyl (C=O) groups excluding carboxylic acids is 7. The van der Waals surface area contributed by atoms with Crippen LogP contribution in [0.2, 0.25) is 0 Å². The maximum Gasteiger partial charge on any atom is 0.257 e. The third-order valence-electron chi connectivity index (χ3n) is 11.0. The standard InChI is InChI=1S/C49H28N4O7/c54-43-29-15-7-8-16-30(29)44(55)40-36(24-23-35(39(40)43)51-48(59)26-13-5-2-6-14-26)52-49(60)33-19-9-17-27-28-21-22-32-38(42(28)53-41(27)33)46(57)31-18-10-20-34(37(31)45(32)56)50-47(58)25-11-3-1-4-12-25/h1-24,53H,(H,50,58)(H,51,59)(H,52,60). The van der Waals surface area contributed by atoms with E-state index in [0.717, 1.165) is 0 Å². The number of hydrogen-bond donors (Lipinski definition) is 4. The first-order valence-electron chi connectivity index (χ1n) is 18.9. The highest BCUT2D eigenvalue weighted by Gasteiger charge is 2.36. The molecule has 8 aromatic rings. The number of rotatable bonds is 6. The van der Waals surface area contributed by atoms with Gasteiger partial charge in [0.1, 0.15) is 0 Å². The third-order valence-corrected chi connectivity index (χ3v) is 11.0. The Hall–Kier alpha value is -8.57. The Bertz CT molecular complexity index is 3260. The van der Waals surface area contributed by atoms with E-state index in [2.05, 4.69) is 20.9 Å². The second-order valence-corrected chi connectivity index (χ2v) is 14.4. The molecule has 286 valence electrons. The highest BCUT2D eigenvalue weighted by atomic mass is 16.2. The quantitative estimate of drug-likeness (QED) is 0.131. The van der Waals surface area contributed by atoms with Crippen molar-refractivity contribution in [3.05, 3.63) is 207 Å². The fourth-order valence-electron chi connectivity index (χ4n) is 8.16. The van der Waals surface area contributed by atoms with Crippen molar-refractivity contribution in [3.8, 4) is 0 Å². The molecule has 0 unspecified atom stereocenters. The van der Waals surface area contributed by atoms with Gasteiger partial charge < -0.3 is 20.9 Å². The minimum atomic E-state index is -0.630. The molecule has 0 spiro atoms. The maximum absolute atomic E-state index is 14.3. The summed E-state index contributed by atoms with van der Waals surface area (Å²) < 4.78 is 0. The van der Waals surface area contributed by atoms with Crippen molar-refractivity contribution in [3.63, 3.8) is 0 Å². The van der Waals surface area contributed by atoms with Crippen LogP contribution in [-0.4, -0.2) is 45.8 Å². The smallest absolute Gasteiger partial charge is 0.257 e. The van der Waals surface area contributed by atoms with Crippen molar-refractivity contribution in [2.45, 2.75) is 0 Å². The second-order valence-electron chi connectivity index (χ2n) is 14.4. The Morgan fingerprint density at radius 2 is 0.800 bits per heavy atom. The van der Waals surface area contributed by atoms with Crippen molar-refractivity contribution in [1.82, 2.24) is 4.98 Å². The monoisotopic (exact) mass is 784 g/mol. The van der Waals surface area contributed by atoms with E-state index in [1.165, 1.54) is 18.2 Å². The molecular weight excluding hydrogens is 757 g/mol. The number of hydrogen-bond acceptors (Lipinski definition) is 7. The van der Waals surface area contributed by atoms with Gasteiger partial charge in [0.2, 0.25) is 0 Å². The number of anilines is 3. The molecule has 0 saturated carbocycles. The molecule has 11 nitrogen and oxygen atoms in total. The Morgan fingerprint density at radius 1 is 0.350 bits per heavy atom. The number of nitrogens with one attached hydrogen (secondary N) is 4. The molecule has 7 aromatic carbocycles. The minimum Gasteiger partial charge on any atom is -0.353 e. The normalized spacial score (nSPS) is 12.7. The van der Waals surface area contributed by atoms with Crippen LogP contribution >= 0.6 is 0 Å². The van der Waals surface area contributed by atoms with Gasteiger partial charge in [-0.25, -0.2) is 0 Å². The lowest BCUT2D eigenvalue weighted by atomic mass is 9.82. The van der Waals surface area contributed by atoms with E-state index in [9.17, 15) is 33.6 Å². The summed E-state index contributed by atoms with van der Waals surface area (Å²) >= 11 is 0. The molecule has 2 aliphatic rings. The van der Waals surface area contributed by atoms with E-state index in [1.807, 2.05) is 0 Å². The van der Waals surface area contributed by atoms with Gasteiger partial charge in [0.05, 0.1) is 55.9 Å². The molecule has 3 amide bonds. The first kappa shape index (κ1) is 35.8. The molecule has 1 aromatic heterocycles. The van der Waals surface area contributed by atoms with E-state index >= 15 is 0 Å². The number of amides is 3. The molecular formula is C49H28N4O7. The van der Waals surface area contributed by atoms with Crippen LogP contribution in [0.15, 0.2) is 146 Å². The highest BCUT2D eigenvalue weighted by Crippen LogP contribution is 2.40. The number of H-pyrrole nitrogens is 1. The first-order valence-corrected chi connectivity index (χ1v) is 18.9. The van der Waals surface area contributed by atoms with Gasteiger partial charge in [-0.05, 0) is 54.6 Å². The SMILES string of the molecule is O=C(Nc1cccc2c1C(=O)c1ccc3c([nH]c4c(C(=O)Nc5ccc(NC(=O)c6ccccc6)c6c5C(=O)c5ccccc5C6=O)cccc43)c1C2=O)c1ccccc1. The molecule has 10 rings (SSSR count). The van der Waals surface area contributed by atoms with Crippen molar-refractivity contribution < 1.29 is 33.6 Å². The van der Waals surface area contributed by atoms with Crippen LogP contribution in [0.5, 0.6) is 0 Å². The fourth-order valence-corrected chi connectivity index (χ4v) is 8.16. The van der Waals surface area contributed by atoms with Crippen LogP contribution in [0, 0.1) is 0 Å². The predicted molar refractivity (Wildman–Crippen MR) is 226 cm³/mol. The Kier molecular flexibility index (Phi) is 8.25. The number of para-hydroxylation sites is 1. The molecule has 60 heavy (non-hydrogen) atoms. The zero-order chi connectivity index (χ0) is 41.2. The summed E-state index contributed by atoms with van der Waals surface area (Å²) in [5.41, 5.74) is 2.64. The lowest BCUT2D eigenvalue weighted by Crippen LogP contribution is -2.26. The van der Waals surface area contributed by atoms with Gasteiger partial charge in [-0.3, -0.25) is 33.6 Å². The van der Waals surface area contributed by atoms with Crippen LogP contribution in [0.1, 0.15) is 94.8 Å². The topological polar surface area (TPSA) is 171 Å². The number of benzene rings is 7. The molecule has 2 aliphatic carbocycles. The first-order chi connectivity index (χ1) is 29.2. The largest absolute Gasteiger partial charge is 0.353 e. The fraction of sp³-hybridized carbons (Fsp3) is 0. The van der Waals surface area contributed by atoms with Crippen molar-refractivity contribution in [2.75, 3.05) is 16.0 Å². The Balaban J connectivity index is 1.03. The van der Waals surface area contributed by atoms with Crippen molar-refractivity contribution in [1.29, 1.82) is 0 Å². The van der Waals surface area contributed by atoms with E-state index in [0.29, 0.717) is 32.9 Å². The van der Waals surface area contributed by atoms with Gasteiger partial charge in [0, 0.05) is 44.2 Å². The molecule has 4 N–H and O–H groups in total. The molecule has 0 aliphatic heterocycles. The van der Waals surface area contributed by atoms with Crippen LogP contribution in [0.25, 0.3) is 21.8 Å². The molecule has 0 radical (unpaired) electrons. The lowest BCUT2D eigenvalue weighted by Gasteiger charge is -2.23. The van der Waals surface area contributed by atoms with Gasteiger partial charge in [0.25, 0.3) is 17.7 Å². The van der Waals surface area contributed by atoms with Gasteiger partial charge in [-0.15, -0.1) is 0 Å². The number of ketones is 4. The van der Waals surface area contributed by atoms with Gasteiger partial charge >= 0.3 is 0 Å². The van der Waals surface area contributed by atoms with Crippen LogP contribution in [0.4, 0.5) is 17.1 Å². The Labute approximate surface area is 340 Å². The maximum atomic E-state index is 14.3. The Morgan fingerprint density at radius 3 is 1.40 bits per heavy atom. The minimum absolute atomic E-state index is 0.0533. The van der Waals surface area contributed by atoms with Gasteiger partial charge in [0.15, 0.2) is 23.1 Å². The average molecular weight is 785 g/mol. The summed E-state index contributed by atoms with van der Waals surface area (Å²) in [4.78, 5) is 101. The zero-order valence-corrected chi connectivity index (χ0v) is 31.2. The van der Waals surface area contributed by atoms with Crippen molar-refractivity contribution in [2.24, 2.45) is 0 Å². The second kappa shape index (κ2) is 13.8. The van der Waals surface area contributed by atoms with Crippen LogP contribution < -0.4 is 16.0 Å². The zero-order valence-electron chi connectivity index (χ0n) is 31.2. The van der Waals surface area contributed by atoms with Crippen LogP contribution in [-0.2, 0) is 0 Å². The molecule has 0 bridgehead atoms. The number of aromatic amines is 1. The molecule has 1 heterocycles. The third kappa shape index (κ3) is 5.56. The summed E-state index contributed by atoms with van der Waals surface area (Å²) in [6.07, 6.45) is 0. The lowest BCUT2D eigenvalue weighted by molar-refractivity contribution is 0.0977. The number of aromatic nitrogens is 1. The molecule has 0 saturated heterocycles. The highest BCUT2D eigenvalue weighted by molar-refractivity contribution is 6.36. The molecule has 0 atom stereocenters. The molecule has 0 fully saturated rings. The summed E-state index contributed by atoms with van der Waals surface area (Å²) in [5.74, 6) is -3.43. The van der Waals surface area contributed by atoms with E-state index in [4.69, 9.17) is 0 Å². The number of fused-ring (bicyclic) bond motifs is 8. The summed E-state index contributed by atoms with van der Waals surface area (Å²) in [7, 11) is 0. The summed E-state index contributed by atoms with van der Waals surface area (Å²) in [5, 5.41) is 9.59. The molecule has 11 heteroatoms.